The highest BCUT2D eigenvalue weighted by molar-refractivity contribution is 5.75. The summed E-state index contributed by atoms with van der Waals surface area (Å²) in [5.41, 5.74) is 6.73. The molecular formula is C12H21N3O2. The summed E-state index contributed by atoms with van der Waals surface area (Å²) in [4.78, 5) is 18.3. The van der Waals surface area contributed by atoms with Gasteiger partial charge >= 0.3 is 5.97 Å². The fraction of sp³-hybridized carbons (Fsp3) is 0.667. The maximum atomic E-state index is 11.6. The Morgan fingerprint density at radius 1 is 1.59 bits per heavy atom. The van der Waals surface area contributed by atoms with E-state index in [-0.39, 0.29) is 11.4 Å². The molecule has 17 heavy (non-hydrogen) atoms. The van der Waals surface area contributed by atoms with Crippen LogP contribution in [0.15, 0.2) is 12.5 Å². The third-order valence-electron chi connectivity index (χ3n) is 2.39. The van der Waals surface area contributed by atoms with Gasteiger partial charge in [0.15, 0.2) is 0 Å². The van der Waals surface area contributed by atoms with Crippen molar-refractivity contribution < 1.29 is 9.53 Å². The van der Waals surface area contributed by atoms with E-state index < -0.39 is 6.04 Å². The largest absolute Gasteiger partial charge is 0.465 e. The summed E-state index contributed by atoms with van der Waals surface area (Å²) in [5, 5.41) is 0. The molecule has 1 atom stereocenters. The fourth-order valence-electron chi connectivity index (χ4n) is 1.28. The van der Waals surface area contributed by atoms with Crippen LogP contribution >= 0.6 is 0 Å². The molecule has 0 unspecified atom stereocenters. The Balaban J connectivity index is 2.28. The Morgan fingerprint density at radius 2 is 2.29 bits per heavy atom. The molecule has 0 radical (unpaired) electrons. The molecule has 0 aromatic carbocycles. The molecule has 0 amide bonds. The van der Waals surface area contributed by atoms with Crippen LogP contribution in [0.3, 0.4) is 0 Å². The number of nitrogens with two attached hydrogens (primary N) is 1. The average molecular weight is 239 g/mol. The van der Waals surface area contributed by atoms with Gasteiger partial charge in [-0.1, -0.05) is 20.8 Å². The topological polar surface area (TPSA) is 81.0 Å². The highest BCUT2D eigenvalue weighted by atomic mass is 16.5. The highest BCUT2D eigenvalue weighted by Crippen LogP contribution is 2.18. The van der Waals surface area contributed by atoms with Crippen LogP contribution in [0.4, 0.5) is 0 Å². The first-order chi connectivity index (χ1) is 7.88. The van der Waals surface area contributed by atoms with Crippen LogP contribution < -0.4 is 5.73 Å². The monoisotopic (exact) mass is 239 g/mol. The lowest BCUT2D eigenvalue weighted by Crippen LogP contribution is -2.35. The minimum Gasteiger partial charge on any atom is -0.465 e. The van der Waals surface area contributed by atoms with Crippen LogP contribution in [0.2, 0.25) is 0 Å². The maximum Gasteiger partial charge on any atom is 0.323 e. The number of H-pyrrole nitrogens is 1. The highest BCUT2D eigenvalue weighted by Gasteiger charge is 2.17. The normalized spacial score (nSPS) is 13.4. The molecule has 5 nitrogen and oxygen atoms in total. The Bertz CT molecular complexity index is 341. The van der Waals surface area contributed by atoms with Crippen LogP contribution in [0.1, 0.15) is 32.9 Å². The second-order valence-electron chi connectivity index (χ2n) is 5.37. The van der Waals surface area contributed by atoms with Crippen LogP contribution in [-0.2, 0) is 16.0 Å². The van der Waals surface area contributed by atoms with Gasteiger partial charge in [0, 0.05) is 18.3 Å². The number of nitrogens with zero attached hydrogens (tertiary/aromatic N) is 1. The molecule has 1 rings (SSSR count). The predicted molar refractivity (Wildman–Crippen MR) is 65.3 cm³/mol. The van der Waals surface area contributed by atoms with Gasteiger partial charge < -0.3 is 15.5 Å². The lowest BCUT2D eigenvalue weighted by Gasteiger charge is -2.18. The Labute approximate surface area is 102 Å². The van der Waals surface area contributed by atoms with Crippen molar-refractivity contribution in [2.75, 3.05) is 6.61 Å². The molecule has 3 N–H and O–H groups in total. The summed E-state index contributed by atoms with van der Waals surface area (Å²) in [6.07, 6.45) is 4.47. The van der Waals surface area contributed by atoms with Crippen LogP contribution in [0.25, 0.3) is 0 Å². The summed E-state index contributed by atoms with van der Waals surface area (Å²) in [7, 11) is 0. The van der Waals surface area contributed by atoms with Crippen molar-refractivity contribution in [3.8, 4) is 0 Å². The SMILES string of the molecule is CC(C)(C)CCOC(=O)[C@H](N)Cc1cnc[nH]1. The number of rotatable bonds is 5. The van der Waals surface area contributed by atoms with Crippen LogP contribution in [0.5, 0.6) is 0 Å². The van der Waals surface area contributed by atoms with E-state index in [1.165, 1.54) is 0 Å². The third kappa shape index (κ3) is 5.49. The van der Waals surface area contributed by atoms with Crippen molar-refractivity contribution in [1.82, 2.24) is 9.97 Å². The summed E-state index contributed by atoms with van der Waals surface area (Å²) >= 11 is 0. The zero-order valence-electron chi connectivity index (χ0n) is 10.7. The molecule has 0 aliphatic heterocycles. The zero-order chi connectivity index (χ0) is 12.9. The maximum absolute atomic E-state index is 11.6. The summed E-state index contributed by atoms with van der Waals surface area (Å²) < 4.78 is 5.13. The number of carbonyl (C=O) groups excluding carboxylic acids is 1. The lowest BCUT2D eigenvalue weighted by atomic mass is 9.93. The molecule has 0 aliphatic rings. The van der Waals surface area contributed by atoms with E-state index in [0.29, 0.717) is 13.0 Å². The van der Waals surface area contributed by atoms with E-state index in [1.807, 2.05) is 0 Å². The smallest absolute Gasteiger partial charge is 0.323 e. The van der Waals surface area contributed by atoms with Crippen molar-refractivity contribution in [2.24, 2.45) is 11.1 Å². The molecule has 5 heteroatoms. The number of esters is 1. The zero-order valence-corrected chi connectivity index (χ0v) is 10.7. The molecule has 0 fully saturated rings. The average Bonchev–Trinajstić information content (AvgIpc) is 2.68. The molecule has 0 aliphatic carbocycles. The van der Waals surface area contributed by atoms with E-state index >= 15 is 0 Å². The Morgan fingerprint density at radius 3 is 2.82 bits per heavy atom. The van der Waals surface area contributed by atoms with E-state index in [9.17, 15) is 4.79 Å². The Kier molecular flexibility index (Phi) is 4.69. The number of hydrogen-bond donors (Lipinski definition) is 2. The van der Waals surface area contributed by atoms with E-state index in [4.69, 9.17) is 10.5 Å². The molecule has 96 valence electrons. The summed E-state index contributed by atoms with van der Waals surface area (Å²) in [6.45, 7) is 6.72. The third-order valence-corrected chi connectivity index (χ3v) is 2.39. The van der Waals surface area contributed by atoms with Crippen molar-refractivity contribution in [3.63, 3.8) is 0 Å². The molecule has 0 saturated carbocycles. The first-order valence-electron chi connectivity index (χ1n) is 5.78. The number of imidazole rings is 1. The van der Waals surface area contributed by atoms with Gasteiger partial charge in [0.25, 0.3) is 0 Å². The summed E-state index contributed by atoms with van der Waals surface area (Å²) in [6, 6.07) is -0.629. The first-order valence-corrected chi connectivity index (χ1v) is 5.78. The molecule has 1 aromatic heterocycles. The second kappa shape index (κ2) is 5.82. The fourth-order valence-corrected chi connectivity index (χ4v) is 1.28. The lowest BCUT2D eigenvalue weighted by molar-refractivity contribution is -0.145. The molecule has 0 saturated heterocycles. The van der Waals surface area contributed by atoms with Gasteiger partial charge in [0.1, 0.15) is 6.04 Å². The first kappa shape index (κ1) is 13.7. The number of hydrogen-bond acceptors (Lipinski definition) is 4. The number of nitrogens with one attached hydrogen (secondary N) is 1. The van der Waals surface area contributed by atoms with Gasteiger partial charge in [-0.2, -0.15) is 0 Å². The second-order valence-corrected chi connectivity index (χ2v) is 5.37. The number of aromatic amines is 1. The quantitative estimate of drug-likeness (QED) is 0.758. The number of carbonyl (C=O) groups is 1. The molecule has 1 heterocycles. The molecule has 1 aromatic rings. The van der Waals surface area contributed by atoms with Gasteiger partial charge in [0.2, 0.25) is 0 Å². The standard InChI is InChI=1S/C12H21N3O2/c1-12(2,3)4-5-17-11(16)10(13)6-9-7-14-8-15-9/h7-8,10H,4-6,13H2,1-3H3,(H,14,15)/t10-/m1/s1. The van der Waals surface area contributed by atoms with Crippen molar-refractivity contribution in [2.45, 2.75) is 39.7 Å². The Hall–Kier alpha value is -1.36. The van der Waals surface area contributed by atoms with E-state index in [0.717, 1.165) is 12.1 Å². The predicted octanol–water partition coefficient (Wildman–Crippen LogP) is 1.26. The summed E-state index contributed by atoms with van der Waals surface area (Å²) in [5.74, 6) is -0.358. The molecule has 0 spiro atoms. The van der Waals surface area contributed by atoms with Crippen LogP contribution in [-0.4, -0.2) is 28.6 Å². The van der Waals surface area contributed by atoms with Crippen LogP contribution in [0, 0.1) is 5.41 Å². The number of aromatic nitrogens is 2. The van der Waals surface area contributed by atoms with Crippen molar-refractivity contribution in [1.29, 1.82) is 0 Å². The van der Waals surface area contributed by atoms with E-state index in [2.05, 4.69) is 30.7 Å². The number of ether oxygens (including phenoxy) is 1. The van der Waals surface area contributed by atoms with Gasteiger partial charge in [0.05, 0.1) is 12.9 Å². The van der Waals surface area contributed by atoms with Gasteiger partial charge in [-0.15, -0.1) is 0 Å². The molecule has 0 bridgehead atoms. The minimum absolute atomic E-state index is 0.160. The van der Waals surface area contributed by atoms with Crippen molar-refractivity contribution >= 4 is 5.97 Å². The van der Waals surface area contributed by atoms with Gasteiger partial charge in [-0.3, -0.25) is 4.79 Å². The van der Waals surface area contributed by atoms with E-state index in [1.54, 1.807) is 12.5 Å². The molecular weight excluding hydrogens is 218 g/mol. The van der Waals surface area contributed by atoms with Gasteiger partial charge in [-0.05, 0) is 11.8 Å². The minimum atomic E-state index is -0.629. The van der Waals surface area contributed by atoms with Gasteiger partial charge in [-0.25, -0.2) is 4.98 Å². The van der Waals surface area contributed by atoms with Crippen molar-refractivity contribution in [3.05, 3.63) is 18.2 Å².